The lowest BCUT2D eigenvalue weighted by atomic mass is 9.83. The zero-order valence-electron chi connectivity index (χ0n) is 11.0. The summed E-state index contributed by atoms with van der Waals surface area (Å²) in [5, 5.41) is 3.11. The Hall–Kier alpha value is -0.570. The van der Waals surface area contributed by atoms with Crippen LogP contribution in [0.1, 0.15) is 47.0 Å². The standard InChI is InChI=1S/C13H26N2O/c1-9(2)7-13(3,4)12(16)15-11(8-14)10-5-6-10/h9-11H,5-8,14H2,1-4H3,(H,15,16). The SMILES string of the molecule is CC(C)CC(C)(C)C(=O)NC(CN)C1CC1. The Kier molecular flexibility index (Phi) is 4.36. The normalized spacial score (nSPS) is 18.6. The van der Waals surface area contributed by atoms with Crippen molar-refractivity contribution in [1.29, 1.82) is 0 Å². The van der Waals surface area contributed by atoms with Crippen LogP contribution >= 0.6 is 0 Å². The Bertz CT molecular complexity index is 244. The van der Waals surface area contributed by atoms with E-state index in [1.807, 2.05) is 13.8 Å². The minimum atomic E-state index is -0.281. The maximum atomic E-state index is 12.1. The van der Waals surface area contributed by atoms with Crippen LogP contribution in [0.3, 0.4) is 0 Å². The van der Waals surface area contributed by atoms with Crippen LogP contribution < -0.4 is 11.1 Å². The molecule has 0 saturated heterocycles. The molecule has 1 fully saturated rings. The number of carbonyl (C=O) groups excluding carboxylic acids is 1. The summed E-state index contributed by atoms with van der Waals surface area (Å²) in [7, 11) is 0. The number of nitrogens with one attached hydrogen (secondary N) is 1. The minimum Gasteiger partial charge on any atom is -0.351 e. The molecule has 0 aliphatic heterocycles. The van der Waals surface area contributed by atoms with E-state index in [0.717, 1.165) is 6.42 Å². The van der Waals surface area contributed by atoms with E-state index in [1.54, 1.807) is 0 Å². The van der Waals surface area contributed by atoms with Crippen LogP contribution in [0.5, 0.6) is 0 Å². The highest BCUT2D eigenvalue weighted by molar-refractivity contribution is 5.82. The van der Waals surface area contributed by atoms with Crippen molar-refractivity contribution in [3.8, 4) is 0 Å². The van der Waals surface area contributed by atoms with Crippen LogP contribution in [0.15, 0.2) is 0 Å². The predicted molar refractivity (Wildman–Crippen MR) is 66.9 cm³/mol. The average Bonchev–Trinajstić information content (AvgIpc) is 2.94. The molecule has 3 heteroatoms. The van der Waals surface area contributed by atoms with Gasteiger partial charge in [0.25, 0.3) is 0 Å². The summed E-state index contributed by atoms with van der Waals surface area (Å²) in [6, 6.07) is 0.193. The summed E-state index contributed by atoms with van der Waals surface area (Å²) in [6.45, 7) is 8.90. The maximum absolute atomic E-state index is 12.1. The highest BCUT2D eigenvalue weighted by atomic mass is 16.2. The Labute approximate surface area is 99.2 Å². The Morgan fingerprint density at radius 2 is 2.00 bits per heavy atom. The summed E-state index contributed by atoms with van der Waals surface area (Å²) in [5.74, 6) is 1.32. The topological polar surface area (TPSA) is 55.1 Å². The van der Waals surface area contributed by atoms with E-state index in [9.17, 15) is 4.79 Å². The molecule has 3 N–H and O–H groups in total. The molecule has 0 bridgehead atoms. The van der Waals surface area contributed by atoms with Gasteiger partial charge in [-0.15, -0.1) is 0 Å². The van der Waals surface area contributed by atoms with Gasteiger partial charge >= 0.3 is 0 Å². The van der Waals surface area contributed by atoms with Crippen molar-refractivity contribution in [3.63, 3.8) is 0 Å². The quantitative estimate of drug-likeness (QED) is 0.727. The van der Waals surface area contributed by atoms with E-state index >= 15 is 0 Å². The molecule has 0 spiro atoms. The second kappa shape index (κ2) is 5.17. The summed E-state index contributed by atoms with van der Waals surface area (Å²) < 4.78 is 0. The number of hydrogen-bond acceptors (Lipinski definition) is 2. The van der Waals surface area contributed by atoms with E-state index in [-0.39, 0.29) is 17.4 Å². The van der Waals surface area contributed by atoms with Gasteiger partial charge in [-0.1, -0.05) is 27.7 Å². The van der Waals surface area contributed by atoms with Crippen LogP contribution in [0.4, 0.5) is 0 Å². The van der Waals surface area contributed by atoms with Crippen molar-refractivity contribution in [3.05, 3.63) is 0 Å². The summed E-state index contributed by atoms with van der Waals surface area (Å²) in [6.07, 6.45) is 3.35. The molecule has 1 amide bonds. The molecule has 1 atom stereocenters. The summed E-state index contributed by atoms with van der Waals surface area (Å²) in [4.78, 5) is 12.1. The first-order valence-electron chi connectivity index (χ1n) is 6.38. The number of nitrogens with two attached hydrogens (primary N) is 1. The van der Waals surface area contributed by atoms with Gasteiger partial charge in [-0.25, -0.2) is 0 Å². The fraction of sp³-hybridized carbons (Fsp3) is 0.923. The van der Waals surface area contributed by atoms with Gasteiger partial charge in [0.05, 0.1) is 0 Å². The largest absolute Gasteiger partial charge is 0.351 e. The fourth-order valence-corrected chi connectivity index (χ4v) is 2.34. The molecule has 0 aromatic rings. The van der Waals surface area contributed by atoms with Gasteiger partial charge in [0.1, 0.15) is 0 Å². The molecule has 1 unspecified atom stereocenters. The lowest BCUT2D eigenvalue weighted by Gasteiger charge is -2.28. The van der Waals surface area contributed by atoms with Crippen molar-refractivity contribution in [2.45, 2.75) is 53.0 Å². The molecule has 1 saturated carbocycles. The molecule has 1 aliphatic carbocycles. The molecule has 1 aliphatic rings. The van der Waals surface area contributed by atoms with E-state index in [0.29, 0.717) is 18.4 Å². The molecule has 0 aromatic heterocycles. The first-order chi connectivity index (χ1) is 7.36. The highest BCUT2D eigenvalue weighted by Gasteiger charge is 2.35. The van der Waals surface area contributed by atoms with Crippen molar-refractivity contribution in [2.75, 3.05) is 6.54 Å². The first kappa shape index (κ1) is 13.5. The van der Waals surface area contributed by atoms with Gasteiger partial charge in [-0.2, -0.15) is 0 Å². The molecule has 3 nitrogen and oxygen atoms in total. The maximum Gasteiger partial charge on any atom is 0.225 e. The number of hydrogen-bond donors (Lipinski definition) is 2. The van der Waals surface area contributed by atoms with Crippen LogP contribution in [-0.2, 0) is 4.79 Å². The van der Waals surface area contributed by atoms with E-state index in [1.165, 1.54) is 12.8 Å². The van der Waals surface area contributed by atoms with Crippen molar-refractivity contribution < 1.29 is 4.79 Å². The molecule has 1 rings (SSSR count). The lowest BCUT2D eigenvalue weighted by molar-refractivity contribution is -0.131. The monoisotopic (exact) mass is 226 g/mol. The summed E-state index contributed by atoms with van der Waals surface area (Å²) >= 11 is 0. The van der Waals surface area contributed by atoms with Crippen LogP contribution in [0, 0.1) is 17.3 Å². The molecule has 0 heterocycles. The molecule has 94 valence electrons. The number of amides is 1. The van der Waals surface area contributed by atoms with Crippen molar-refractivity contribution in [2.24, 2.45) is 23.0 Å². The van der Waals surface area contributed by atoms with Crippen molar-refractivity contribution in [1.82, 2.24) is 5.32 Å². The van der Waals surface area contributed by atoms with E-state index in [2.05, 4.69) is 19.2 Å². The minimum absolute atomic E-state index is 0.156. The zero-order valence-corrected chi connectivity index (χ0v) is 11.0. The van der Waals surface area contributed by atoms with Crippen LogP contribution in [0.25, 0.3) is 0 Å². The molecule has 16 heavy (non-hydrogen) atoms. The van der Waals surface area contributed by atoms with Gasteiger partial charge in [-0.05, 0) is 31.1 Å². The van der Waals surface area contributed by atoms with Gasteiger partial charge in [-0.3, -0.25) is 4.79 Å². The Balaban J connectivity index is 2.48. The fourth-order valence-electron chi connectivity index (χ4n) is 2.34. The molecular formula is C13H26N2O. The zero-order chi connectivity index (χ0) is 12.3. The third kappa shape index (κ3) is 3.78. The number of rotatable bonds is 6. The predicted octanol–water partition coefficient (Wildman–Crippen LogP) is 1.91. The lowest BCUT2D eigenvalue weighted by Crippen LogP contribution is -2.47. The third-order valence-electron chi connectivity index (χ3n) is 3.29. The smallest absolute Gasteiger partial charge is 0.225 e. The van der Waals surface area contributed by atoms with Crippen molar-refractivity contribution >= 4 is 5.91 Å². The summed E-state index contributed by atoms with van der Waals surface area (Å²) in [5.41, 5.74) is 5.41. The highest BCUT2D eigenvalue weighted by Crippen LogP contribution is 2.33. The molecular weight excluding hydrogens is 200 g/mol. The van der Waals surface area contributed by atoms with Gasteiger partial charge < -0.3 is 11.1 Å². The number of carbonyl (C=O) groups is 1. The van der Waals surface area contributed by atoms with E-state index < -0.39 is 0 Å². The third-order valence-corrected chi connectivity index (χ3v) is 3.29. The van der Waals surface area contributed by atoms with Gasteiger partial charge in [0, 0.05) is 18.0 Å². The Morgan fingerprint density at radius 1 is 1.44 bits per heavy atom. The van der Waals surface area contributed by atoms with Crippen LogP contribution in [-0.4, -0.2) is 18.5 Å². The Morgan fingerprint density at radius 3 is 2.38 bits per heavy atom. The average molecular weight is 226 g/mol. The first-order valence-corrected chi connectivity index (χ1v) is 6.38. The van der Waals surface area contributed by atoms with Gasteiger partial charge in [0.2, 0.25) is 5.91 Å². The molecule has 0 radical (unpaired) electrons. The van der Waals surface area contributed by atoms with Crippen LogP contribution in [0.2, 0.25) is 0 Å². The second-order valence-corrected chi connectivity index (χ2v) is 6.13. The molecule has 0 aromatic carbocycles. The van der Waals surface area contributed by atoms with Gasteiger partial charge in [0.15, 0.2) is 0 Å². The second-order valence-electron chi connectivity index (χ2n) is 6.13. The van der Waals surface area contributed by atoms with E-state index in [4.69, 9.17) is 5.73 Å².